The number of hydrogen-bond donors (Lipinski definition) is 4. The van der Waals surface area contributed by atoms with E-state index in [9.17, 15) is 19.2 Å². The Bertz CT molecular complexity index is 1260. The number of hydrogen-bond acceptors (Lipinski definition) is 6. The second kappa shape index (κ2) is 14.1. The number of pyridine rings is 1. The van der Waals surface area contributed by atoms with Crippen LogP contribution in [0.3, 0.4) is 0 Å². The molecule has 2 atom stereocenters. The monoisotopic (exact) mass is 517 g/mol. The van der Waals surface area contributed by atoms with Crippen LogP contribution in [-0.2, 0) is 25.5 Å². The van der Waals surface area contributed by atoms with E-state index in [1.807, 2.05) is 36.4 Å². The molecule has 0 aliphatic carbocycles. The third-order valence-electron chi connectivity index (χ3n) is 5.59. The molecule has 2 heterocycles. The molecule has 0 fully saturated rings. The lowest BCUT2D eigenvalue weighted by Crippen LogP contribution is -2.50. The predicted molar refractivity (Wildman–Crippen MR) is 142 cm³/mol. The Labute approximate surface area is 220 Å². The lowest BCUT2D eigenvalue weighted by molar-refractivity contribution is -0.137. The van der Waals surface area contributed by atoms with Crippen molar-refractivity contribution >= 4 is 23.7 Å². The quantitative estimate of drug-likeness (QED) is 0.201. The minimum atomic E-state index is -0.942. The molecular formula is C28H31N5O5. The maximum atomic E-state index is 13.4. The van der Waals surface area contributed by atoms with E-state index >= 15 is 0 Å². The fourth-order valence-electron chi connectivity index (χ4n) is 3.70. The van der Waals surface area contributed by atoms with Crippen LogP contribution in [0.1, 0.15) is 35.8 Å². The first-order valence-electron chi connectivity index (χ1n) is 12.2. The first kappa shape index (κ1) is 27.9. The summed E-state index contributed by atoms with van der Waals surface area (Å²) < 4.78 is 4.89. The van der Waals surface area contributed by atoms with Gasteiger partial charge in [-0.15, -0.1) is 0 Å². The molecule has 0 unspecified atom stereocenters. The van der Waals surface area contributed by atoms with Crippen molar-refractivity contribution in [2.75, 3.05) is 6.61 Å². The van der Waals surface area contributed by atoms with Gasteiger partial charge < -0.3 is 26.1 Å². The predicted octanol–water partition coefficient (Wildman–Crippen LogP) is 2.29. The van der Waals surface area contributed by atoms with Gasteiger partial charge in [0, 0.05) is 48.6 Å². The number of aromatic amines is 1. The fraction of sp³-hybridized carbons (Fsp3) is 0.250. The van der Waals surface area contributed by atoms with Gasteiger partial charge in [0.15, 0.2) is 0 Å². The van der Waals surface area contributed by atoms with Crippen molar-refractivity contribution in [2.45, 2.75) is 38.3 Å². The zero-order chi connectivity index (χ0) is 27.3. The van der Waals surface area contributed by atoms with Crippen LogP contribution in [0.2, 0.25) is 0 Å². The van der Waals surface area contributed by atoms with E-state index in [4.69, 9.17) is 10.5 Å². The Hall–Kier alpha value is -4.73. The van der Waals surface area contributed by atoms with Crippen molar-refractivity contribution in [2.24, 2.45) is 5.73 Å². The average molecular weight is 518 g/mol. The van der Waals surface area contributed by atoms with Crippen molar-refractivity contribution in [3.05, 3.63) is 90.4 Å². The van der Waals surface area contributed by atoms with E-state index in [2.05, 4.69) is 20.6 Å². The molecule has 1 aromatic carbocycles. The number of primary amides is 1. The molecule has 5 N–H and O–H groups in total. The van der Waals surface area contributed by atoms with Crippen LogP contribution in [0, 0.1) is 0 Å². The Morgan fingerprint density at radius 3 is 2.53 bits per heavy atom. The summed E-state index contributed by atoms with van der Waals surface area (Å²) in [5, 5.41) is 5.60. The van der Waals surface area contributed by atoms with Gasteiger partial charge in [0.25, 0.3) is 5.91 Å². The second-order valence-electron chi connectivity index (χ2n) is 8.47. The molecule has 0 aliphatic heterocycles. The SMILES string of the molecule is CCOC(=O)/C=C/[C@H](CCC(N)=O)NC(=O)[C@H](Cc1ccccc1)NC(=O)c1ccc(-c2cccnc2)[nH]1. The minimum absolute atomic E-state index is 0.00653. The van der Waals surface area contributed by atoms with Gasteiger partial charge in [0.05, 0.1) is 6.61 Å². The number of esters is 1. The summed E-state index contributed by atoms with van der Waals surface area (Å²) in [5.74, 6) is -2.06. The number of benzene rings is 1. The highest BCUT2D eigenvalue weighted by Gasteiger charge is 2.24. The number of aromatic nitrogens is 2. The molecule has 0 aliphatic rings. The number of nitrogens with zero attached hydrogens (tertiary/aromatic N) is 1. The van der Waals surface area contributed by atoms with E-state index in [1.54, 1.807) is 37.5 Å². The molecule has 3 rings (SSSR count). The zero-order valence-electron chi connectivity index (χ0n) is 21.1. The lowest BCUT2D eigenvalue weighted by Gasteiger charge is -2.22. The molecule has 3 amide bonds. The zero-order valence-corrected chi connectivity index (χ0v) is 21.1. The van der Waals surface area contributed by atoms with Crippen LogP contribution in [0.25, 0.3) is 11.3 Å². The van der Waals surface area contributed by atoms with Gasteiger partial charge in [-0.1, -0.05) is 36.4 Å². The molecule has 0 radical (unpaired) electrons. The summed E-state index contributed by atoms with van der Waals surface area (Å²) in [6, 6.07) is 14.7. The van der Waals surface area contributed by atoms with Gasteiger partial charge in [-0.2, -0.15) is 0 Å². The molecule has 2 aromatic heterocycles. The largest absolute Gasteiger partial charge is 0.463 e. The maximum Gasteiger partial charge on any atom is 0.330 e. The summed E-state index contributed by atoms with van der Waals surface area (Å²) in [6.45, 7) is 1.88. The molecule has 0 spiro atoms. The third-order valence-corrected chi connectivity index (χ3v) is 5.59. The number of carbonyl (C=O) groups excluding carboxylic acids is 4. The maximum absolute atomic E-state index is 13.4. The van der Waals surface area contributed by atoms with Gasteiger partial charge in [0.1, 0.15) is 11.7 Å². The Balaban J connectivity index is 1.78. The average Bonchev–Trinajstić information content (AvgIpc) is 3.41. The van der Waals surface area contributed by atoms with Crippen molar-refractivity contribution in [1.82, 2.24) is 20.6 Å². The van der Waals surface area contributed by atoms with Gasteiger partial charge in [0.2, 0.25) is 11.8 Å². The Morgan fingerprint density at radius 1 is 1.05 bits per heavy atom. The Kier molecular flexibility index (Phi) is 10.3. The van der Waals surface area contributed by atoms with E-state index in [0.29, 0.717) is 5.69 Å². The number of rotatable bonds is 13. The first-order chi connectivity index (χ1) is 18.4. The molecule has 10 heteroatoms. The number of nitrogens with two attached hydrogens (primary N) is 1. The topological polar surface area (TPSA) is 156 Å². The van der Waals surface area contributed by atoms with E-state index in [0.717, 1.165) is 11.1 Å². The third kappa shape index (κ3) is 8.74. The van der Waals surface area contributed by atoms with E-state index in [-0.39, 0.29) is 31.6 Å². The molecule has 0 saturated carbocycles. The Morgan fingerprint density at radius 2 is 1.84 bits per heavy atom. The summed E-state index contributed by atoms with van der Waals surface area (Å²) in [7, 11) is 0. The lowest BCUT2D eigenvalue weighted by atomic mass is 10.0. The molecular weight excluding hydrogens is 486 g/mol. The minimum Gasteiger partial charge on any atom is -0.463 e. The molecule has 10 nitrogen and oxygen atoms in total. The smallest absolute Gasteiger partial charge is 0.330 e. The summed E-state index contributed by atoms with van der Waals surface area (Å²) in [4.78, 5) is 56.7. The molecule has 3 aromatic rings. The summed E-state index contributed by atoms with van der Waals surface area (Å²) >= 11 is 0. The number of ether oxygens (including phenoxy) is 1. The number of amides is 3. The number of H-pyrrole nitrogens is 1. The second-order valence-corrected chi connectivity index (χ2v) is 8.47. The summed E-state index contributed by atoms with van der Waals surface area (Å²) in [6.07, 6.45) is 6.37. The highest BCUT2D eigenvalue weighted by Crippen LogP contribution is 2.17. The fourth-order valence-corrected chi connectivity index (χ4v) is 3.70. The van der Waals surface area contributed by atoms with Crippen molar-refractivity contribution < 1.29 is 23.9 Å². The first-order valence-corrected chi connectivity index (χ1v) is 12.2. The highest BCUT2D eigenvalue weighted by atomic mass is 16.5. The van der Waals surface area contributed by atoms with Crippen LogP contribution >= 0.6 is 0 Å². The normalized spacial score (nSPS) is 12.4. The number of nitrogens with one attached hydrogen (secondary N) is 3. The number of carbonyl (C=O) groups is 4. The van der Waals surface area contributed by atoms with E-state index in [1.165, 1.54) is 12.2 Å². The molecule has 0 bridgehead atoms. The van der Waals surface area contributed by atoms with Gasteiger partial charge in [-0.3, -0.25) is 19.4 Å². The van der Waals surface area contributed by atoms with Crippen molar-refractivity contribution in [1.29, 1.82) is 0 Å². The molecule has 38 heavy (non-hydrogen) atoms. The van der Waals surface area contributed by atoms with Gasteiger partial charge >= 0.3 is 5.97 Å². The standard InChI is InChI=1S/C28H31N5O5/c1-2-38-26(35)15-11-21(10-14-25(29)34)31-28(37)24(17-19-7-4-3-5-8-19)33-27(36)23-13-12-22(32-23)20-9-6-16-30-18-20/h3-9,11-13,15-16,18,21,24,32H,2,10,14,17H2,1H3,(H2,29,34)(H,31,37)(H,33,36)/b15-11+/t21-,24-/m0/s1. The van der Waals surface area contributed by atoms with Crippen molar-refractivity contribution in [3.63, 3.8) is 0 Å². The van der Waals surface area contributed by atoms with Crippen LogP contribution in [-0.4, -0.2) is 52.3 Å². The van der Waals surface area contributed by atoms with Crippen LogP contribution < -0.4 is 16.4 Å². The molecule has 0 saturated heterocycles. The molecule has 198 valence electrons. The van der Waals surface area contributed by atoms with Gasteiger partial charge in [-0.25, -0.2) is 4.79 Å². The van der Waals surface area contributed by atoms with Crippen LogP contribution in [0.4, 0.5) is 0 Å². The van der Waals surface area contributed by atoms with Gasteiger partial charge in [-0.05, 0) is 43.2 Å². The van der Waals surface area contributed by atoms with Crippen molar-refractivity contribution in [3.8, 4) is 11.3 Å². The van der Waals surface area contributed by atoms with Crippen LogP contribution in [0.15, 0.2) is 79.1 Å². The highest BCUT2D eigenvalue weighted by molar-refractivity contribution is 5.97. The summed E-state index contributed by atoms with van der Waals surface area (Å²) in [5.41, 5.74) is 7.93. The van der Waals surface area contributed by atoms with E-state index < -0.39 is 35.8 Å². The van der Waals surface area contributed by atoms with Crippen LogP contribution in [0.5, 0.6) is 0 Å².